The van der Waals surface area contributed by atoms with Gasteiger partial charge in [-0.2, -0.15) is 0 Å². The number of carbonyl (C=O) groups is 1. The molecule has 0 bridgehead atoms. The fourth-order valence-corrected chi connectivity index (χ4v) is 3.07. The lowest BCUT2D eigenvalue weighted by atomic mass is 9.95. The van der Waals surface area contributed by atoms with E-state index in [1.54, 1.807) is 18.2 Å². The van der Waals surface area contributed by atoms with Crippen LogP contribution in [0.2, 0.25) is 0 Å². The first-order chi connectivity index (χ1) is 13.5. The van der Waals surface area contributed by atoms with Crippen molar-refractivity contribution in [1.29, 1.82) is 0 Å². The summed E-state index contributed by atoms with van der Waals surface area (Å²) in [5.41, 5.74) is 1.10. The first kappa shape index (κ1) is 22.9. The Morgan fingerprint density at radius 3 is 2.45 bits per heavy atom. The lowest BCUT2D eigenvalue weighted by molar-refractivity contribution is -0.114. The predicted molar refractivity (Wildman–Crippen MR) is 123 cm³/mol. The standard InChI is InChI=1S/C21H25FN4O2.HI/c1-2-23-20(24-13-19(28)26-15-7-9-16(27)10-8-15)25-14-21(11-12-21)17-5-3-4-6-18(17)22;/h3-10,27H,2,11-14H2,1H3,(H,26,28)(H2,23,24,25);1H. The number of guanidine groups is 1. The van der Waals surface area contributed by atoms with E-state index < -0.39 is 0 Å². The molecular formula is C21H26FIN4O2. The van der Waals surface area contributed by atoms with Crippen LogP contribution < -0.4 is 16.0 Å². The van der Waals surface area contributed by atoms with E-state index in [-0.39, 0.29) is 53.4 Å². The van der Waals surface area contributed by atoms with Gasteiger partial charge in [-0.15, -0.1) is 24.0 Å². The van der Waals surface area contributed by atoms with E-state index >= 15 is 0 Å². The second-order valence-electron chi connectivity index (χ2n) is 6.90. The number of hydrogen-bond donors (Lipinski definition) is 4. The highest BCUT2D eigenvalue weighted by Gasteiger charge is 2.45. The van der Waals surface area contributed by atoms with Crippen molar-refractivity contribution in [3.63, 3.8) is 0 Å². The summed E-state index contributed by atoms with van der Waals surface area (Å²) in [5, 5.41) is 18.3. The van der Waals surface area contributed by atoms with Gasteiger partial charge in [-0.05, 0) is 55.7 Å². The summed E-state index contributed by atoms with van der Waals surface area (Å²) in [6.07, 6.45) is 1.84. The van der Waals surface area contributed by atoms with E-state index in [0.717, 1.165) is 18.4 Å². The summed E-state index contributed by atoms with van der Waals surface area (Å²) in [6, 6.07) is 13.1. The third kappa shape index (κ3) is 6.31. The molecule has 0 radical (unpaired) electrons. The Bertz CT molecular complexity index is 854. The van der Waals surface area contributed by atoms with Crippen molar-refractivity contribution in [2.24, 2.45) is 4.99 Å². The first-order valence-corrected chi connectivity index (χ1v) is 9.38. The molecule has 2 aromatic rings. The molecule has 0 saturated heterocycles. The lowest BCUT2D eigenvalue weighted by Crippen LogP contribution is -2.42. The molecule has 6 nitrogen and oxygen atoms in total. The van der Waals surface area contributed by atoms with Gasteiger partial charge in [0.1, 0.15) is 18.1 Å². The summed E-state index contributed by atoms with van der Waals surface area (Å²) >= 11 is 0. The van der Waals surface area contributed by atoms with Crippen molar-refractivity contribution in [2.45, 2.75) is 25.2 Å². The quantitative estimate of drug-likeness (QED) is 0.199. The van der Waals surface area contributed by atoms with Crippen molar-refractivity contribution in [3.8, 4) is 5.75 Å². The second kappa shape index (κ2) is 10.4. The Balaban J connectivity index is 0.00000300. The third-order valence-corrected chi connectivity index (χ3v) is 4.77. The van der Waals surface area contributed by atoms with E-state index in [1.165, 1.54) is 18.2 Å². The summed E-state index contributed by atoms with van der Waals surface area (Å²) in [4.78, 5) is 16.4. The molecule has 0 aromatic heterocycles. The van der Waals surface area contributed by atoms with Gasteiger partial charge in [0.15, 0.2) is 5.96 Å². The van der Waals surface area contributed by atoms with E-state index in [0.29, 0.717) is 24.7 Å². The molecule has 0 heterocycles. The van der Waals surface area contributed by atoms with Gasteiger partial charge in [0.2, 0.25) is 5.91 Å². The molecule has 4 N–H and O–H groups in total. The molecule has 0 unspecified atom stereocenters. The molecule has 8 heteroatoms. The number of phenols is 1. The molecule has 0 spiro atoms. The molecule has 1 aliphatic rings. The predicted octanol–water partition coefficient (Wildman–Crippen LogP) is 3.37. The van der Waals surface area contributed by atoms with Crippen LogP contribution in [-0.4, -0.2) is 36.6 Å². The Hall–Kier alpha value is -2.36. The Morgan fingerprint density at radius 1 is 1.14 bits per heavy atom. The van der Waals surface area contributed by atoms with Gasteiger partial charge in [0, 0.05) is 24.2 Å². The average molecular weight is 512 g/mol. The summed E-state index contributed by atoms with van der Waals surface area (Å²) in [5.74, 6) is 0.208. The van der Waals surface area contributed by atoms with Gasteiger partial charge in [0.05, 0.1) is 0 Å². The number of anilines is 1. The monoisotopic (exact) mass is 512 g/mol. The Kier molecular flexibility index (Phi) is 8.24. The van der Waals surface area contributed by atoms with E-state index in [9.17, 15) is 14.3 Å². The number of hydrogen-bond acceptors (Lipinski definition) is 3. The molecule has 1 amide bonds. The minimum atomic E-state index is -0.266. The van der Waals surface area contributed by atoms with Crippen molar-refractivity contribution in [1.82, 2.24) is 10.6 Å². The molecule has 1 fully saturated rings. The normalized spacial score (nSPS) is 14.5. The fraction of sp³-hybridized carbons (Fsp3) is 0.333. The molecule has 0 aliphatic heterocycles. The number of amides is 1. The van der Waals surface area contributed by atoms with E-state index in [2.05, 4.69) is 20.9 Å². The van der Waals surface area contributed by atoms with Crippen LogP contribution in [0.3, 0.4) is 0 Å². The van der Waals surface area contributed by atoms with Crippen molar-refractivity contribution in [3.05, 3.63) is 59.9 Å². The van der Waals surface area contributed by atoms with Gasteiger partial charge in [-0.3, -0.25) is 4.79 Å². The number of aliphatic imine (C=N–C) groups is 1. The SMILES string of the molecule is CCNC(=NCC(=O)Nc1ccc(O)cc1)NCC1(c2ccccc2F)CC1.I. The van der Waals surface area contributed by atoms with Crippen LogP contribution in [0.25, 0.3) is 0 Å². The number of halogens is 2. The minimum absolute atomic E-state index is 0. The summed E-state index contributed by atoms with van der Waals surface area (Å²) in [7, 11) is 0. The van der Waals surface area contributed by atoms with Crippen LogP contribution in [0.15, 0.2) is 53.5 Å². The van der Waals surface area contributed by atoms with Gasteiger partial charge in [0.25, 0.3) is 0 Å². The number of rotatable bonds is 7. The average Bonchev–Trinajstić information content (AvgIpc) is 3.47. The summed E-state index contributed by atoms with van der Waals surface area (Å²) in [6.45, 7) is 3.10. The zero-order valence-corrected chi connectivity index (χ0v) is 18.6. The number of carbonyl (C=O) groups excluding carboxylic acids is 1. The smallest absolute Gasteiger partial charge is 0.246 e. The molecule has 29 heavy (non-hydrogen) atoms. The molecule has 3 rings (SSSR count). The molecule has 0 atom stereocenters. The van der Waals surface area contributed by atoms with Crippen LogP contribution in [0.5, 0.6) is 5.75 Å². The summed E-state index contributed by atoms with van der Waals surface area (Å²) < 4.78 is 14.1. The zero-order chi connectivity index (χ0) is 20.0. The van der Waals surface area contributed by atoms with Crippen molar-refractivity contribution >= 4 is 41.5 Å². The highest BCUT2D eigenvalue weighted by atomic mass is 127. The highest BCUT2D eigenvalue weighted by molar-refractivity contribution is 14.0. The van der Waals surface area contributed by atoms with Gasteiger partial charge in [-0.1, -0.05) is 18.2 Å². The van der Waals surface area contributed by atoms with Crippen LogP contribution in [0.4, 0.5) is 10.1 Å². The topological polar surface area (TPSA) is 85.8 Å². The first-order valence-electron chi connectivity index (χ1n) is 9.38. The van der Waals surface area contributed by atoms with Crippen molar-refractivity contribution in [2.75, 3.05) is 25.0 Å². The number of aromatic hydroxyl groups is 1. The number of nitrogens with one attached hydrogen (secondary N) is 3. The van der Waals surface area contributed by atoms with Gasteiger partial charge < -0.3 is 21.1 Å². The molecule has 2 aromatic carbocycles. The maximum absolute atomic E-state index is 14.1. The molecule has 1 aliphatic carbocycles. The van der Waals surface area contributed by atoms with Crippen molar-refractivity contribution < 1.29 is 14.3 Å². The second-order valence-corrected chi connectivity index (χ2v) is 6.90. The van der Waals surface area contributed by atoms with E-state index in [1.807, 2.05) is 19.1 Å². The largest absolute Gasteiger partial charge is 0.508 e. The van der Waals surface area contributed by atoms with E-state index in [4.69, 9.17) is 0 Å². The number of phenolic OH excluding ortho intramolecular Hbond substituents is 1. The highest BCUT2D eigenvalue weighted by Crippen LogP contribution is 2.48. The lowest BCUT2D eigenvalue weighted by Gasteiger charge is -2.19. The Labute approximate surface area is 187 Å². The van der Waals surface area contributed by atoms with Crippen LogP contribution in [0.1, 0.15) is 25.3 Å². The zero-order valence-electron chi connectivity index (χ0n) is 16.2. The Morgan fingerprint density at radius 2 is 1.83 bits per heavy atom. The van der Waals surface area contributed by atoms with Crippen LogP contribution in [0, 0.1) is 5.82 Å². The molecule has 1 saturated carbocycles. The molecule has 156 valence electrons. The van der Waals surface area contributed by atoms with Gasteiger partial charge in [-0.25, -0.2) is 9.38 Å². The third-order valence-electron chi connectivity index (χ3n) is 4.77. The number of nitrogens with zero attached hydrogens (tertiary/aromatic N) is 1. The maximum Gasteiger partial charge on any atom is 0.246 e. The maximum atomic E-state index is 14.1. The molecular weight excluding hydrogens is 486 g/mol. The van der Waals surface area contributed by atoms with Crippen LogP contribution in [-0.2, 0) is 10.2 Å². The number of benzene rings is 2. The fourth-order valence-electron chi connectivity index (χ4n) is 3.07. The van der Waals surface area contributed by atoms with Gasteiger partial charge >= 0.3 is 0 Å². The minimum Gasteiger partial charge on any atom is -0.508 e. The van der Waals surface area contributed by atoms with Crippen LogP contribution >= 0.6 is 24.0 Å².